The van der Waals surface area contributed by atoms with Gasteiger partial charge in [0.2, 0.25) is 0 Å². The number of hydrogen-bond acceptors (Lipinski definition) is 3. The molecule has 0 aromatic heterocycles. The first-order valence-electron chi connectivity index (χ1n) is 5.77. The zero-order valence-electron chi connectivity index (χ0n) is 10.2. The third-order valence-electron chi connectivity index (χ3n) is 2.59. The number of unbranched alkanes of at least 4 members (excludes halogenated alkanes) is 1. The molecule has 1 atom stereocenters. The first-order valence-corrected chi connectivity index (χ1v) is 5.77. The minimum absolute atomic E-state index is 0.184. The Bertz CT molecular complexity index is 196. The van der Waals surface area contributed by atoms with Gasteiger partial charge in [0.05, 0.1) is 11.5 Å². The van der Waals surface area contributed by atoms with E-state index in [9.17, 15) is 0 Å². The second-order valence-electron chi connectivity index (χ2n) is 4.82. The molecule has 0 rings (SSSR count). The molecule has 3 nitrogen and oxygen atoms in total. The van der Waals surface area contributed by atoms with Crippen molar-refractivity contribution < 1.29 is 5.11 Å². The second kappa shape index (κ2) is 7.67. The lowest BCUT2D eigenvalue weighted by Gasteiger charge is -2.15. The average Bonchev–Trinajstić information content (AvgIpc) is 2.17. The van der Waals surface area contributed by atoms with Crippen molar-refractivity contribution in [2.24, 2.45) is 5.41 Å². The lowest BCUT2D eigenvalue weighted by Crippen LogP contribution is -2.27. The number of hydrogen-bond donors (Lipinski definition) is 2. The standard InChI is InChI=1S/C12H24N2O/c1-11(6-9-15)14-8-5-4-7-12(2,3)10-13/h11,14-15H,4-9H2,1-3H3. The zero-order valence-corrected chi connectivity index (χ0v) is 10.2. The Hall–Kier alpha value is -0.590. The summed E-state index contributed by atoms with van der Waals surface area (Å²) in [6.07, 6.45) is 3.95. The summed E-state index contributed by atoms with van der Waals surface area (Å²) in [5.74, 6) is 0. The third-order valence-corrected chi connectivity index (χ3v) is 2.59. The number of nitriles is 1. The highest BCUT2D eigenvalue weighted by atomic mass is 16.3. The van der Waals surface area contributed by atoms with Crippen molar-refractivity contribution in [1.29, 1.82) is 5.26 Å². The van der Waals surface area contributed by atoms with Gasteiger partial charge in [0.1, 0.15) is 0 Å². The smallest absolute Gasteiger partial charge is 0.0683 e. The molecule has 0 fully saturated rings. The van der Waals surface area contributed by atoms with Crippen LogP contribution in [0.4, 0.5) is 0 Å². The van der Waals surface area contributed by atoms with E-state index in [2.05, 4.69) is 18.3 Å². The maximum atomic E-state index is 8.82. The van der Waals surface area contributed by atoms with Crippen molar-refractivity contribution in [2.45, 2.75) is 52.5 Å². The molecule has 0 amide bonds. The number of aliphatic hydroxyl groups is 1. The lowest BCUT2D eigenvalue weighted by molar-refractivity contribution is 0.268. The van der Waals surface area contributed by atoms with Gasteiger partial charge >= 0.3 is 0 Å². The van der Waals surface area contributed by atoms with Gasteiger partial charge in [-0.2, -0.15) is 5.26 Å². The molecule has 0 saturated carbocycles. The maximum absolute atomic E-state index is 8.82. The minimum Gasteiger partial charge on any atom is -0.396 e. The number of aliphatic hydroxyl groups excluding tert-OH is 1. The molecular formula is C12H24N2O. The fourth-order valence-corrected chi connectivity index (χ4v) is 1.39. The Labute approximate surface area is 93.5 Å². The summed E-state index contributed by atoms with van der Waals surface area (Å²) in [6, 6.07) is 2.70. The van der Waals surface area contributed by atoms with E-state index in [1.54, 1.807) is 0 Å². The molecule has 0 aliphatic carbocycles. The van der Waals surface area contributed by atoms with Crippen LogP contribution in [0, 0.1) is 16.7 Å². The normalized spacial score (nSPS) is 13.5. The van der Waals surface area contributed by atoms with Crippen molar-refractivity contribution in [3.05, 3.63) is 0 Å². The summed E-state index contributed by atoms with van der Waals surface area (Å²) < 4.78 is 0. The van der Waals surface area contributed by atoms with Crippen molar-refractivity contribution in [3.63, 3.8) is 0 Å². The second-order valence-corrected chi connectivity index (χ2v) is 4.82. The number of nitrogens with zero attached hydrogens (tertiary/aromatic N) is 1. The Kier molecular flexibility index (Phi) is 7.37. The molecule has 2 N–H and O–H groups in total. The lowest BCUT2D eigenvalue weighted by atomic mass is 9.89. The predicted molar refractivity (Wildman–Crippen MR) is 62.4 cm³/mol. The van der Waals surface area contributed by atoms with Crippen molar-refractivity contribution >= 4 is 0 Å². The van der Waals surface area contributed by atoms with Crippen molar-refractivity contribution in [1.82, 2.24) is 5.32 Å². The van der Waals surface area contributed by atoms with Crippen LogP contribution in [0.15, 0.2) is 0 Å². The molecule has 88 valence electrons. The number of rotatable bonds is 8. The van der Waals surface area contributed by atoms with Gasteiger partial charge in [0.15, 0.2) is 0 Å². The Balaban J connectivity index is 3.37. The summed E-state index contributed by atoms with van der Waals surface area (Å²) in [4.78, 5) is 0. The van der Waals surface area contributed by atoms with Gasteiger partial charge in [-0.1, -0.05) is 6.42 Å². The largest absolute Gasteiger partial charge is 0.396 e. The molecule has 0 bridgehead atoms. The van der Waals surface area contributed by atoms with Gasteiger partial charge in [0.25, 0.3) is 0 Å². The van der Waals surface area contributed by atoms with Crippen LogP contribution in [0.5, 0.6) is 0 Å². The fraction of sp³-hybridized carbons (Fsp3) is 0.917. The summed E-state index contributed by atoms with van der Waals surface area (Å²) in [7, 11) is 0. The minimum atomic E-state index is -0.184. The van der Waals surface area contributed by atoms with Gasteiger partial charge in [-0.3, -0.25) is 0 Å². The molecule has 0 aromatic rings. The highest BCUT2D eigenvalue weighted by Crippen LogP contribution is 2.21. The predicted octanol–water partition coefficient (Wildman–Crippen LogP) is 2.07. The van der Waals surface area contributed by atoms with Gasteiger partial charge in [0, 0.05) is 12.6 Å². The van der Waals surface area contributed by atoms with Crippen molar-refractivity contribution in [3.8, 4) is 6.07 Å². The first kappa shape index (κ1) is 14.4. The van der Waals surface area contributed by atoms with E-state index >= 15 is 0 Å². The van der Waals surface area contributed by atoms with Crippen LogP contribution < -0.4 is 5.32 Å². The molecule has 0 spiro atoms. The Morgan fingerprint density at radius 3 is 2.60 bits per heavy atom. The highest BCUT2D eigenvalue weighted by Gasteiger charge is 2.15. The fourth-order valence-electron chi connectivity index (χ4n) is 1.39. The van der Waals surface area contributed by atoms with E-state index in [1.165, 1.54) is 0 Å². The molecule has 0 aliphatic rings. The van der Waals surface area contributed by atoms with Gasteiger partial charge in [-0.25, -0.2) is 0 Å². The average molecular weight is 212 g/mol. The monoisotopic (exact) mass is 212 g/mol. The first-order chi connectivity index (χ1) is 7.02. The molecule has 0 aliphatic heterocycles. The van der Waals surface area contributed by atoms with Crippen LogP contribution in [0.25, 0.3) is 0 Å². The van der Waals surface area contributed by atoms with Crippen LogP contribution >= 0.6 is 0 Å². The van der Waals surface area contributed by atoms with E-state index in [-0.39, 0.29) is 12.0 Å². The van der Waals surface area contributed by atoms with Gasteiger partial charge in [-0.05, 0) is 46.6 Å². The molecule has 1 unspecified atom stereocenters. The van der Waals surface area contributed by atoms with Crippen LogP contribution in [-0.2, 0) is 0 Å². The van der Waals surface area contributed by atoms with E-state index in [4.69, 9.17) is 10.4 Å². The van der Waals surface area contributed by atoms with Gasteiger partial charge < -0.3 is 10.4 Å². The van der Waals surface area contributed by atoms with Crippen LogP contribution in [-0.4, -0.2) is 24.3 Å². The molecule has 15 heavy (non-hydrogen) atoms. The zero-order chi connectivity index (χ0) is 11.7. The van der Waals surface area contributed by atoms with Gasteiger partial charge in [-0.15, -0.1) is 0 Å². The summed E-state index contributed by atoms with van der Waals surface area (Å²) in [6.45, 7) is 7.26. The highest BCUT2D eigenvalue weighted by molar-refractivity contribution is 4.91. The molecule has 0 heterocycles. The quantitative estimate of drug-likeness (QED) is 0.606. The third kappa shape index (κ3) is 8.41. The maximum Gasteiger partial charge on any atom is 0.0683 e. The summed E-state index contributed by atoms with van der Waals surface area (Å²) in [5, 5.41) is 20.9. The molecule has 0 aromatic carbocycles. The van der Waals surface area contributed by atoms with E-state index < -0.39 is 0 Å². The van der Waals surface area contributed by atoms with E-state index in [0.717, 1.165) is 32.2 Å². The Morgan fingerprint density at radius 1 is 1.40 bits per heavy atom. The SMILES string of the molecule is CC(CCO)NCCCCC(C)(C)C#N. The Morgan fingerprint density at radius 2 is 2.07 bits per heavy atom. The molecule has 3 heteroatoms. The van der Waals surface area contributed by atoms with Crippen LogP contribution in [0.1, 0.15) is 46.5 Å². The molecular weight excluding hydrogens is 188 g/mol. The van der Waals surface area contributed by atoms with Crippen molar-refractivity contribution in [2.75, 3.05) is 13.2 Å². The topological polar surface area (TPSA) is 56.0 Å². The van der Waals surface area contributed by atoms with Crippen LogP contribution in [0.2, 0.25) is 0 Å². The van der Waals surface area contributed by atoms with E-state index in [1.807, 2.05) is 13.8 Å². The van der Waals surface area contributed by atoms with E-state index in [0.29, 0.717) is 6.04 Å². The van der Waals surface area contributed by atoms with Crippen LogP contribution in [0.3, 0.4) is 0 Å². The summed E-state index contributed by atoms with van der Waals surface area (Å²) in [5.41, 5.74) is -0.184. The molecule has 0 saturated heterocycles. The molecule has 0 radical (unpaired) electrons. The summed E-state index contributed by atoms with van der Waals surface area (Å²) >= 11 is 0. The number of nitrogens with one attached hydrogen (secondary N) is 1.